The molecule has 0 N–H and O–H groups in total. The molecule has 2 heterocycles. The van der Waals surface area contributed by atoms with Crippen molar-refractivity contribution in [1.82, 2.24) is 0 Å². The van der Waals surface area contributed by atoms with E-state index in [0.29, 0.717) is 12.3 Å². The fraction of sp³-hybridized carbons (Fsp3) is 0.0417. The molecule has 0 amide bonds. The zero-order valence-corrected chi connectivity index (χ0v) is 28.1. The molecule has 3 heteroatoms. The van der Waals surface area contributed by atoms with Crippen molar-refractivity contribution in [2.75, 3.05) is 0 Å². The first-order valence-electron chi connectivity index (χ1n) is 17.4. The van der Waals surface area contributed by atoms with Crippen LogP contribution in [-0.4, -0.2) is 11.5 Å². The number of allylic oxidation sites excluding steroid dienone is 1. The van der Waals surface area contributed by atoms with E-state index >= 15 is 0 Å². The van der Waals surface area contributed by atoms with Gasteiger partial charge in [-0.2, -0.15) is 0 Å². The van der Waals surface area contributed by atoms with E-state index < -0.39 is 0 Å². The van der Waals surface area contributed by atoms with Gasteiger partial charge in [0.05, 0.1) is 11.4 Å². The van der Waals surface area contributed by atoms with Gasteiger partial charge in [-0.25, -0.2) is 9.98 Å². The summed E-state index contributed by atoms with van der Waals surface area (Å²) in [6, 6.07) is 58.1. The molecule has 1 aliphatic heterocycles. The topological polar surface area (TPSA) is 37.9 Å². The Morgan fingerprint density at radius 1 is 0.451 bits per heavy atom. The van der Waals surface area contributed by atoms with Gasteiger partial charge in [-0.3, -0.25) is 0 Å². The summed E-state index contributed by atoms with van der Waals surface area (Å²) in [6.45, 7) is 2.21. The predicted molar refractivity (Wildman–Crippen MR) is 215 cm³/mol. The molecule has 51 heavy (non-hydrogen) atoms. The Morgan fingerprint density at radius 3 is 2.00 bits per heavy atom. The minimum atomic E-state index is 0.657. The Morgan fingerprint density at radius 2 is 1.14 bits per heavy atom. The van der Waals surface area contributed by atoms with Crippen LogP contribution >= 0.6 is 0 Å². The molecule has 0 fully saturated rings. The van der Waals surface area contributed by atoms with Crippen LogP contribution in [0.15, 0.2) is 184 Å². The number of aliphatic imine (C=N–C) groups is 2. The molecule has 0 bridgehead atoms. The van der Waals surface area contributed by atoms with Crippen molar-refractivity contribution in [3.63, 3.8) is 0 Å². The van der Waals surface area contributed by atoms with Crippen LogP contribution in [0.2, 0.25) is 0 Å². The van der Waals surface area contributed by atoms with Gasteiger partial charge in [0.1, 0.15) is 11.2 Å². The summed E-state index contributed by atoms with van der Waals surface area (Å²) in [5.41, 5.74) is 10.3. The van der Waals surface area contributed by atoms with Crippen LogP contribution in [-0.2, 0) is 0 Å². The summed E-state index contributed by atoms with van der Waals surface area (Å²) >= 11 is 0. The molecule has 0 saturated carbocycles. The third-order valence-electron chi connectivity index (χ3n) is 10.2. The van der Waals surface area contributed by atoms with Crippen molar-refractivity contribution < 1.29 is 4.42 Å². The van der Waals surface area contributed by atoms with Gasteiger partial charge in [0.25, 0.3) is 0 Å². The Labute approximate surface area is 295 Å². The summed E-state index contributed by atoms with van der Waals surface area (Å²) in [5, 5.41) is 9.40. The van der Waals surface area contributed by atoms with Gasteiger partial charge in [-0.15, -0.1) is 0 Å². The third kappa shape index (κ3) is 4.97. The maximum Gasteiger partial charge on any atom is 0.160 e. The minimum absolute atomic E-state index is 0.657. The number of amidine groups is 1. The molecule has 0 spiro atoms. The van der Waals surface area contributed by atoms with Crippen molar-refractivity contribution in [3.05, 3.63) is 186 Å². The standard InChI is InChI=1S/C48H32N2O/c1-30-26-43(36-27-34-15-6-8-17-38(34)42(29-36)31-12-3-2-4-13-31)49-48(40-19-11-21-45-46(40)39-18-9-10-20-44(39)51-45)50-47(30)35-25-24-33-23-22-32-14-5-7-16-37(32)41(33)28-35/h2-25,27-29H,26H2,1H3. The Hall–Kier alpha value is -6.58. The molecular formula is C48H32N2O. The summed E-state index contributed by atoms with van der Waals surface area (Å²) in [6.07, 6.45) is 0.657. The molecular weight excluding hydrogens is 621 g/mol. The van der Waals surface area contributed by atoms with E-state index in [1.807, 2.05) is 24.3 Å². The number of furan rings is 1. The van der Waals surface area contributed by atoms with Crippen LogP contribution in [0, 0.1) is 0 Å². The highest BCUT2D eigenvalue weighted by Gasteiger charge is 2.22. The van der Waals surface area contributed by atoms with Gasteiger partial charge in [0.15, 0.2) is 5.84 Å². The normalized spacial score (nSPS) is 13.7. The summed E-state index contributed by atoms with van der Waals surface area (Å²) < 4.78 is 6.35. The highest BCUT2D eigenvalue weighted by molar-refractivity contribution is 6.24. The molecule has 1 aliphatic rings. The van der Waals surface area contributed by atoms with E-state index in [2.05, 4.69) is 146 Å². The first-order valence-corrected chi connectivity index (χ1v) is 17.4. The van der Waals surface area contributed by atoms with Crippen molar-refractivity contribution >= 4 is 71.5 Å². The van der Waals surface area contributed by atoms with Crippen molar-refractivity contribution in [2.45, 2.75) is 13.3 Å². The molecule has 0 radical (unpaired) electrons. The third-order valence-corrected chi connectivity index (χ3v) is 10.2. The smallest absolute Gasteiger partial charge is 0.160 e. The number of nitrogens with zero attached hydrogens (tertiary/aromatic N) is 2. The number of fused-ring (bicyclic) bond motifs is 7. The second kappa shape index (κ2) is 11.8. The summed E-state index contributed by atoms with van der Waals surface area (Å²) in [4.78, 5) is 11.0. The van der Waals surface area contributed by atoms with Crippen molar-refractivity contribution in [3.8, 4) is 11.1 Å². The fourth-order valence-electron chi connectivity index (χ4n) is 7.77. The predicted octanol–water partition coefficient (Wildman–Crippen LogP) is 12.8. The molecule has 8 aromatic carbocycles. The summed E-state index contributed by atoms with van der Waals surface area (Å²) in [7, 11) is 0. The molecule has 0 aliphatic carbocycles. The SMILES string of the molecule is CC1=C(c2ccc3ccc4ccccc4c3c2)N=C(c2cccc3oc4ccccc4c23)N=C(c2cc(-c3ccccc3)c3ccccc3c2)C1. The zero-order valence-electron chi connectivity index (χ0n) is 28.1. The van der Waals surface area contributed by atoms with Crippen LogP contribution in [0.25, 0.3) is 71.1 Å². The van der Waals surface area contributed by atoms with Gasteiger partial charge in [-0.1, -0.05) is 133 Å². The first-order chi connectivity index (χ1) is 25.2. The van der Waals surface area contributed by atoms with E-state index in [4.69, 9.17) is 14.4 Å². The Kier molecular flexibility index (Phi) is 6.78. The second-order valence-corrected chi connectivity index (χ2v) is 13.4. The number of rotatable bonds is 4. The second-order valence-electron chi connectivity index (χ2n) is 13.4. The maximum absolute atomic E-state index is 6.35. The van der Waals surface area contributed by atoms with Crippen LogP contribution in [0.4, 0.5) is 0 Å². The fourth-order valence-corrected chi connectivity index (χ4v) is 7.77. The number of hydrogen-bond acceptors (Lipinski definition) is 3. The molecule has 0 atom stereocenters. The first kappa shape index (κ1) is 29.3. The quantitative estimate of drug-likeness (QED) is 0.174. The van der Waals surface area contributed by atoms with Crippen molar-refractivity contribution in [2.24, 2.45) is 9.98 Å². The van der Waals surface area contributed by atoms with Gasteiger partial charge >= 0.3 is 0 Å². The molecule has 0 saturated heterocycles. The lowest BCUT2D eigenvalue weighted by molar-refractivity contribution is 0.669. The van der Waals surface area contributed by atoms with Gasteiger partial charge in [0.2, 0.25) is 0 Å². The van der Waals surface area contributed by atoms with Crippen LogP contribution < -0.4 is 0 Å². The molecule has 9 aromatic rings. The lowest BCUT2D eigenvalue weighted by atomic mass is 9.92. The number of hydrogen-bond donors (Lipinski definition) is 0. The van der Waals surface area contributed by atoms with Gasteiger partial charge in [-0.05, 0) is 91.8 Å². The number of benzene rings is 8. The zero-order chi connectivity index (χ0) is 33.9. The average Bonchev–Trinajstić information content (AvgIpc) is 3.48. The van der Waals surface area contributed by atoms with Crippen LogP contribution in [0.3, 0.4) is 0 Å². The van der Waals surface area contributed by atoms with Gasteiger partial charge in [0, 0.05) is 28.3 Å². The van der Waals surface area contributed by atoms with E-state index in [1.54, 1.807) is 0 Å². The lowest BCUT2D eigenvalue weighted by Crippen LogP contribution is -2.07. The molecule has 3 nitrogen and oxygen atoms in total. The monoisotopic (exact) mass is 652 g/mol. The van der Waals surface area contributed by atoms with E-state index in [-0.39, 0.29) is 0 Å². The molecule has 0 unspecified atom stereocenters. The van der Waals surface area contributed by atoms with E-state index in [1.165, 1.54) is 49.0 Å². The van der Waals surface area contributed by atoms with Crippen LogP contribution in [0.5, 0.6) is 0 Å². The van der Waals surface area contributed by atoms with E-state index in [9.17, 15) is 0 Å². The van der Waals surface area contributed by atoms with Crippen molar-refractivity contribution in [1.29, 1.82) is 0 Å². The highest BCUT2D eigenvalue weighted by atomic mass is 16.3. The van der Waals surface area contributed by atoms with Gasteiger partial charge < -0.3 is 4.42 Å². The Balaban J connectivity index is 1.23. The molecule has 240 valence electrons. The molecule has 10 rings (SSSR count). The summed E-state index contributed by atoms with van der Waals surface area (Å²) in [5.74, 6) is 0.682. The Bertz CT molecular complexity index is 2940. The lowest BCUT2D eigenvalue weighted by Gasteiger charge is -2.13. The minimum Gasteiger partial charge on any atom is -0.456 e. The largest absolute Gasteiger partial charge is 0.456 e. The highest BCUT2D eigenvalue weighted by Crippen LogP contribution is 2.37. The maximum atomic E-state index is 6.35. The average molecular weight is 653 g/mol. The molecule has 1 aromatic heterocycles. The van der Waals surface area contributed by atoms with E-state index in [0.717, 1.165) is 50.0 Å². The van der Waals surface area contributed by atoms with Crippen LogP contribution in [0.1, 0.15) is 30.0 Å². The number of para-hydroxylation sites is 1.